The van der Waals surface area contributed by atoms with Crippen LogP contribution in [0.4, 0.5) is 0 Å². The van der Waals surface area contributed by atoms with Gasteiger partial charge in [0.15, 0.2) is 0 Å². The Morgan fingerprint density at radius 3 is 2.83 bits per heavy atom. The number of allylic oxidation sites excluding steroid dienone is 1. The first kappa shape index (κ1) is 8.98. The zero-order valence-electron chi connectivity index (χ0n) is 7.75. The van der Waals surface area contributed by atoms with Crippen LogP contribution in [0.5, 0.6) is 0 Å². The summed E-state index contributed by atoms with van der Waals surface area (Å²) in [6.07, 6.45) is 2.83. The van der Waals surface area contributed by atoms with Gasteiger partial charge in [0.2, 0.25) is 0 Å². The van der Waals surface area contributed by atoms with Gasteiger partial charge in [-0.05, 0) is 31.4 Å². The number of rotatable bonds is 3. The zero-order chi connectivity index (χ0) is 8.97. The molecule has 64 valence electrons. The molecular formula is C11H15N. The van der Waals surface area contributed by atoms with Crippen molar-refractivity contribution in [1.29, 1.82) is 0 Å². The van der Waals surface area contributed by atoms with E-state index in [1.54, 1.807) is 0 Å². The van der Waals surface area contributed by atoms with Crippen molar-refractivity contribution < 1.29 is 0 Å². The van der Waals surface area contributed by atoms with Gasteiger partial charge in [0.25, 0.3) is 0 Å². The fourth-order valence-corrected chi connectivity index (χ4v) is 1.01. The van der Waals surface area contributed by atoms with E-state index in [-0.39, 0.29) is 0 Å². The Kier molecular flexibility index (Phi) is 3.03. The Bertz CT molecular complexity index is 251. The topological polar surface area (TPSA) is 12.9 Å². The van der Waals surface area contributed by atoms with Gasteiger partial charge in [0.1, 0.15) is 0 Å². The van der Waals surface area contributed by atoms with Crippen molar-refractivity contribution >= 4 is 0 Å². The maximum Gasteiger partial charge on any atom is 0.0409 e. The van der Waals surface area contributed by atoms with Crippen molar-refractivity contribution in [3.63, 3.8) is 0 Å². The first-order chi connectivity index (χ1) is 5.70. The van der Waals surface area contributed by atoms with Crippen LogP contribution in [-0.4, -0.2) is 4.98 Å². The van der Waals surface area contributed by atoms with E-state index in [4.69, 9.17) is 0 Å². The van der Waals surface area contributed by atoms with Crippen LogP contribution >= 0.6 is 0 Å². The van der Waals surface area contributed by atoms with Crippen LogP contribution in [0.3, 0.4) is 0 Å². The molecule has 0 aliphatic rings. The summed E-state index contributed by atoms with van der Waals surface area (Å²) in [7, 11) is 0. The predicted octanol–water partition coefficient (Wildman–Crippen LogP) is 2.84. The number of hydrogen-bond acceptors (Lipinski definition) is 1. The SMILES string of the molecule is C=C(C)C(C)Cc1ccccn1. The van der Waals surface area contributed by atoms with Crippen LogP contribution in [0.2, 0.25) is 0 Å². The van der Waals surface area contributed by atoms with Gasteiger partial charge in [-0.15, -0.1) is 0 Å². The fraction of sp³-hybridized carbons (Fsp3) is 0.364. The average Bonchev–Trinajstić information content (AvgIpc) is 2.06. The second kappa shape index (κ2) is 4.05. The maximum absolute atomic E-state index is 4.26. The molecule has 0 aromatic carbocycles. The largest absolute Gasteiger partial charge is 0.261 e. The predicted molar refractivity (Wildman–Crippen MR) is 51.9 cm³/mol. The lowest BCUT2D eigenvalue weighted by Crippen LogP contribution is -2.01. The Balaban J connectivity index is 2.58. The standard InChI is InChI=1S/C11H15N/c1-9(2)10(3)8-11-6-4-5-7-12-11/h4-7,10H,1,8H2,2-3H3. The molecule has 1 nitrogen and oxygen atoms in total. The van der Waals surface area contributed by atoms with E-state index in [0.717, 1.165) is 12.1 Å². The molecule has 0 spiro atoms. The minimum atomic E-state index is 0.528. The number of nitrogens with zero attached hydrogens (tertiary/aromatic N) is 1. The van der Waals surface area contributed by atoms with Crippen molar-refractivity contribution in [3.05, 3.63) is 42.2 Å². The van der Waals surface area contributed by atoms with Crippen LogP contribution in [0.15, 0.2) is 36.5 Å². The average molecular weight is 161 g/mol. The van der Waals surface area contributed by atoms with E-state index in [9.17, 15) is 0 Å². The normalized spacial score (nSPS) is 12.5. The molecule has 1 atom stereocenters. The van der Waals surface area contributed by atoms with Crippen molar-refractivity contribution in [2.75, 3.05) is 0 Å². The van der Waals surface area contributed by atoms with Crippen LogP contribution < -0.4 is 0 Å². The second-order valence-electron chi connectivity index (χ2n) is 3.27. The summed E-state index contributed by atoms with van der Waals surface area (Å²) in [6, 6.07) is 6.02. The molecule has 0 N–H and O–H groups in total. The first-order valence-electron chi connectivity index (χ1n) is 4.25. The Hall–Kier alpha value is -1.11. The van der Waals surface area contributed by atoms with Gasteiger partial charge in [-0.25, -0.2) is 0 Å². The minimum Gasteiger partial charge on any atom is -0.261 e. The fourth-order valence-electron chi connectivity index (χ4n) is 1.01. The molecule has 1 aromatic rings. The third-order valence-corrected chi connectivity index (χ3v) is 2.08. The number of pyridine rings is 1. The first-order valence-corrected chi connectivity index (χ1v) is 4.25. The van der Waals surface area contributed by atoms with E-state index in [0.29, 0.717) is 5.92 Å². The highest BCUT2D eigenvalue weighted by Gasteiger charge is 2.03. The summed E-state index contributed by atoms with van der Waals surface area (Å²) in [4.78, 5) is 4.26. The molecule has 0 amide bonds. The monoisotopic (exact) mass is 161 g/mol. The van der Waals surface area contributed by atoms with Crippen molar-refractivity contribution in [2.45, 2.75) is 20.3 Å². The molecule has 1 unspecified atom stereocenters. The number of aromatic nitrogens is 1. The zero-order valence-corrected chi connectivity index (χ0v) is 7.75. The van der Waals surface area contributed by atoms with Crippen LogP contribution in [0, 0.1) is 5.92 Å². The van der Waals surface area contributed by atoms with Gasteiger partial charge < -0.3 is 0 Å². The lowest BCUT2D eigenvalue weighted by atomic mass is 9.98. The maximum atomic E-state index is 4.26. The highest BCUT2D eigenvalue weighted by atomic mass is 14.7. The van der Waals surface area contributed by atoms with Gasteiger partial charge >= 0.3 is 0 Å². The Labute approximate surface area is 74.2 Å². The van der Waals surface area contributed by atoms with E-state index in [1.165, 1.54) is 5.57 Å². The smallest absolute Gasteiger partial charge is 0.0409 e. The van der Waals surface area contributed by atoms with Crippen molar-refractivity contribution in [2.24, 2.45) is 5.92 Å². The van der Waals surface area contributed by atoms with Gasteiger partial charge in [0.05, 0.1) is 0 Å². The second-order valence-corrected chi connectivity index (χ2v) is 3.27. The summed E-state index contributed by atoms with van der Waals surface area (Å²) in [5, 5.41) is 0. The van der Waals surface area contributed by atoms with Crippen LogP contribution in [0.1, 0.15) is 19.5 Å². The molecule has 12 heavy (non-hydrogen) atoms. The summed E-state index contributed by atoms with van der Waals surface area (Å²) < 4.78 is 0. The quantitative estimate of drug-likeness (QED) is 0.621. The lowest BCUT2D eigenvalue weighted by Gasteiger charge is -2.09. The van der Waals surface area contributed by atoms with Gasteiger partial charge in [-0.2, -0.15) is 0 Å². The molecule has 0 fully saturated rings. The van der Waals surface area contributed by atoms with Crippen LogP contribution in [0.25, 0.3) is 0 Å². The lowest BCUT2D eigenvalue weighted by molar-refractivity contribution is 0.667. The summed E-state index contributed by atoms with van der Waals surface area (Å²) in [5.41, 5.74) is 2.37. The molecular weight excluding hydrogens is 146 g/mol. The van der Waals surface area contributed by atoms with Gasteiger partial charge in [0, 0.05) is 11.9 Å². The third kappa shape index (κ3) is 2.50. The molecule has 1 heterocycles. The molecule has 0 radical (unpaired) electrons. The molecule has 0 saturated carbocycles. The molecule has 1 aromatic heterocycles. The van der Waals surface area contributed by atoms with E-state index in [1.807, 2.05) is 18.3 Å². The van der Waals surface area contributed by atoms with Crippen molar-refractivity contribution in [3.8, 4) is 0 Å². The summed E-state index contributed by atoms with van der Waals surface area (Å²) in [6.45, 7) is 8.16. The number of hydrogen-bond donors (Lipinski definition) is 0. The van der Waals surface area contributed by atoms with Gasteiger partial charge in [-0.1, -0.05) is 25.1 Å². The summed E-state index contributed by atoms with van der Waals surface area (Å²) >= 11 is 0. The molecule has 0 bridgehead atoms. The van der Waals surface area contributed by atoms with Crippen molar-refractivity contribution in [1.82, 2.24) is 4.98 Å². The summed E-state index contributed by atoms with van der Waals surface area (Å²) in [5.74, 6) is 0.528. The van der Waals surface area contributed by atoms with E-state index >= 15 is 0 Å². The Morgan fingerprint density at radius 2 is 2.33 bits per heavy atom. The molecule has 0 aliphatic carbocycles. The molecule has 1 rings (SSSR count). The molecule has 0 saturated heterocycles. The Morgan fingerprint density at radius 1 is 1.58 bits per heavy atom. The van der Waals surface area contributed by atoms with Gasteiger partial charge in [-0.3, -0.25) is 4.98 Å². The van der Waals surface area contributed by atoms with E-state index < -0.39 is 0 Å². The van der Waals surface area contributed by atoms with Crippen LogP contribution in [-0.2, 0) is 6.42 Å². The third-order valence-electron chi connectivity index (χ3n) is 2.08. The highest BCUT2D eigenvalue weighted by Crippen LogP contribution is 2.12. The molecule has 0 aliphatic heterocycles. The molecule has 1 heteroatoms. The minimum absolute atomic E-state index is 0.528. The van der Waals surface area contributed by atoms with E-state index in [2.05, 4.69) is 31.5 Å². The highest BCUT2D eigenvalue weighted by molar-refractivity contribution is 5.07.